The number of aromatic nitrogens is 1. The fraction of sp³-hybridized carbons (Fsp3) is 0.500. The summed E-state index contributed by atoms with van der Waals surface area (Å²) in [5.41, 5.74) is -0.762. The van der Waals surface area contributed by atoms with E-state index in [9.17, 15) is 23.1 Å². The monoisotopic (exact) mass is 352 g/mol. The Kier molecular flexibility index (Phi) is 7.65. The maximum atomic E-state index is 10.7. The van der Waals surface area contributed by atoms with Gasteiger partial charge in [-0.1, -0.05) is 6.07 Å². The lowest BCUT2D eigenvalue weighted by Crippen LogP contribution is -2.29. The molecule has 0 bridgehead atoms. The third kappa shape index (κ3) is 9.62. The third-order valence-corrected chi connectivity index (χ3v) is 2.41. The van der Waals surface area contributed by atoms with Crippen LogP contribution in [0.25, 0.3) is 0 Å². The van der Waals surface area contributed by atoms with Gasteiger partial charge in [0.15, 0.2) is 5.69 Å². The van der Waals surface area contributed by atoms with Gasteiger partial charge in [-0.05, 0) is 39.3 Å². The predicted octanol–water partition coefficient (Wildman–Crippen LogP) is 2.37. The highest BCUT2D eigenvalue weighted by Crippen LogP contribution is 2.15. The first kappa shape index (κ1) is 21.6. The number of anilines is 1. The zero-order valence-corrected chi connectivity index (χ0v) is 13.3. The minimum Gasteiger partial charge on any atom is -0.477 e. The second-order valence-electron chi connectivity index (χ2n) is 5.58. The Hall–Kier alpha value is -2.36. The highest BCUT2D eigenvalue weighted by atomic mass is 19.4. The van der Waals surface area contributed by atoms with Crippen LogP contribution in [0.4, 0.5) is 19.0 Å². The number of aliphatic hydroxyl groups is 1. The molecular formula is C14H19F3N2O5. The summed E-state index contributed by atoms with van der Waals surface area (Å²) in [4.78, 5) is 23.6. The van der Waals surface area contributed by atoms with Crippen LogP contribution in [0.1, 0.15) is 37.7 Å². The Labute approximate surface area is 136 Å². The summed E-state index contributed by atoms with van der Waals surface area (Å²) in [5.74, 6) is -3.31. The van der Waals surface area contributed by atoms with Crippen LogP contribution in [0.5, 0.6) is 0 Å². The minimum atomic E-state index is -5.08. The first-order valence-electron chi connectivity index (χ1n) is 6.72. The number of aromatic carboxylic acids is 1. The van der Waals surface area contributed by atoms with E-state index in [4.69, 9.17) is 15.0 Å². The number of hydrogen-bond donors (Lipinski definition) is 4. The molecule has 1 aromatic heterocycles. The number of rotatable bonds is 5. The van der Waals surface area contributed by atoms with E-state index in [0.717, 1.165) is 0 Å². The Morgan fingerprint density at radius 1 is 1.25 bits per heavy atom. The van der Waals surface area contributed by atoms with Crippen molar-refractivity contribution in [2.24, 2.45) is 0 Å². The number of halogens is 3. The zero-order chi connectivity index (χ0) is 19.1. The number of nitrogens with zero attached hydrogens (tertiary/aromatic N) is 1. The fourth-order valence-electron chi connectivity index (χ4n) is 1.69. The molecule has 1 unspecified atom stereocenters. The van der Waals surface area contributed by atoms with E-state index < -0.39 is 23.7 Å². The van der Waals surface area contributed by atoms with Gasteiger partial charge in [-0.15, -0.1) is 0 Å². The van der Waals surface area contributed by atoms with Crippen molar-refractivity contribution in [2.45, 2.75) is 45.0 Å². The summed E-state index contributed by atoms with van der Waals surface area (Å²) in [5, 5.41) is 28.6. The summed E-state index contributed by atoms with van der Waals surface area (Å²) < 4.78 is 31.7. The summed E-state index contributed by atoms with van der Waals surface area (Å²) in [6.07, 6.45) is -4.54. The van der Waals surface area contributed by atoms with Gasteiger partial charge in [0, 0.05) is 6.04 Å². The average molecular weight is 352 g/mol. The van der Waals surface area contributed by atoms with E-state index in [1.165, 1.54) is 6.07 Å². The molecule has 1 aromatic rings. The lowest BCUT2D eigenvalue weighted by atomic mass is 10.0. The molecule has 1 heterocycles. The van der Waals surface area contributed by atoms with Crippen LogP contribution in [0.3, 0.4) is 0 Å². The van der Waals surface area contributed by atoms with Crippen molar-refractivity contribution < 1.29 is 38.1 Å². The maximum Gasteiger partial charge on any atom is 0.490 e. The molecule has 0 aliphatic carbocycles. The highest BCUT2D eigenvalue weighted by molar-refractivity contribution is 5.85. The second kappa shape index (κ2) is 8.48. The summed E-state index contributed by atoms with van der Waals surface area (Å²) in [6, 6.07) is 4.78. The van der Waals surface area contributed by atoms with Crippen molar-refractivity contribution in [3.63, 3.8) is 0 Å². The Balaban J connectivity index is 0.000000640. The fourth-order valence-corrected chi connectivity index (χ4v) is 1.69. The van der Waals surface area contributed by atoms with Crippen molar-refractivity contribution in [1.82, 2.24) is 4.98 Å². The van der Waals surface area contributed by atoms with Crippen LogP contribution in [-0.2, 0) is 4.79 Å². The maximum absolute atomic E-state index is 10.7. The van der Waals surface area contributed by atoms with Gasteiger partial charge in [-0.3, -0.25) is 0 Å². The minimum absolute atomic E-state index is 0.00505. The number of nitrogens with one attached hydrogen (secondary N) is 1. The molecule has 0 radical (unpaired) electrons. The van der Waals surface area contributed by atoms with E-state index >= 15 is 0 Å². The summed E-state index contributed by atoms with van der Waals surface area (Å²) in [7, 11) is 0. The molecule has 7 nitrogen and oxygen atoms in total. The van der Waals surface area contributed by atoms with E-state index in [1.807, 2.05) is 6.92 Å². The quantitative estimate of drug-likeness (QED) is 0.642. The normalized spacial score (nSPS) is 12.6. The molecule has 0 amide bonds. The lowest BCUT2D eigenvalue weighted by molar-refractivity contribution is -0.192. The molecule has 4 N–H and O–H groups in total. The molecule has 136 valence electrons. The molecule has 1 atom stereocenters. The van der Waals surface area contributed by atoms with Crippen LogP contribution < -0.4 is 5.32 Å². The number of carbonyl (C=O) groups is 2. The number of alkyl halides is 3. The van der Waals surface area contributed by atoms with Crippen molar-refractivity contribution in [2.75, 3.05) is 5.32 Å². The smallest absolute Gasteiger partial charge is 0.477 e. The molecule has 0 aliphatic heterocycles. The third-order valence-electron chi connectivity index (χ3n) is 2.41. The number of carboxylic acid groups (broad SMARTS) is 2. The van der Waals surface area contributed by atoms with Gasteiger partial charge in [0.1, 0.15) is 5.82 Å². The van der Waals surface area contributed by atoms with Crippen LogP contribution in [0.2, 0.25) is 0 Å². The topological polar surface area (TPSA) is 120 Å². The standard InChI is InChI=1S/C12H18N2O3.C2HF3O2/c1-8(7-12(2,3)17)13-10-6-4-5-9(14-10)11(15)16;3-2(4,5)1(6)7/h4-6,8,17H,7H2,1-3H3,(H,13,14)(H,15,16);(H,6,7). The van der Waals surface area contributed by atoms with Crippen LogP contribution in [0.15, 0.2) is 18.2 Å². The second-order valence-corrected chi connectivity index (χ2v) is 5.58. The number of pyridine rings is 1. The Morgan fingerprint density at radius 2 is 1.75 bits per heavy atom. The molecule has 0 fully saturated rings. The first-order chi connectivity index (χ1) is 10.7. The molecule has 24 heavy (non-hydrogen) atoms. The largest absolute Gasteiger partial charge is 0.490 e. The number of hydrogen-bond acceptors (Lipinski definition) is 5. The molecule has 10 heteroatoms. The number of carboxylic acids is 2. The molecule has 0 aromatic carbocycles. The van der Waals surface area contributed by atoms with Crippen LogP contribution >= 0.6 is 0 Å². The van der Waals surface area contributed by atoms with E-state index in [2.05, 4.69) is 10.3 Å². The number of aliphatic carboxylic acids is 1. The van der Waals surface area contributed by atoms with Gasteiger partial charge in [-0.2, -0.15) is 13.2 Å². The molecule has 0 spiro atoms. The van der Waals surface area contributed by atoms with E-state index in [0.29, 0.717) is 12.2 Å². The van der Waals surface area contributed by atoms with E-state index in [-0.39, 0.29) is 11.7 Å². The summed E-state index contributed by atoms with van der Waals surface area (Å²) >= 11 is 0. The predicted molar refractivity (Wildman–Crippen MR) is 78.9 cm³/mol. The summed E-state index contributed by atoms with van der Waals surface area (Å²) in [6.45, 7) is 5.37. The van der Waals surface area contributed by atoms with E-state index in [1.54, 1.807) is 26.0 Å². The lowest BCUT2D eigenvalue weighted by Gasteiger charge is -2.23. The van der Waals surface area contributed by atoms with Crippen molar-refractivity contribution in [3.8, 4) is 0 Å². The van der Waals surface area contributed by atoms with Crippen LogP contribution in [0, 0.1) is 0 Å². The highest BCUT2D eigenvalue weighted by Gasteiger charge is 2.38. The van der Waals surface area contributed by atoms with Gasteiger partial charge < -0.3 is 20.6 Å². The van der Waals surface area contributed by atoms with Gasteiger partial charge in [0.25, 0.3) is 0 Å². The average Bonchev–Trinajstić information content (AvgIpc) is 2.36. The Morgan fingerprint density at radius 3 is 2.12 bits per heavy atom. The van der Waals surface area contributed by atoms with Gasteiger partial charge in [-0.25, -0.2) is 14.6 Å². The molecule has 0 saturated heterocycles. The van der Waals surface area contributed by atoms with Gasteiger partial charge in [0.05, 0.1) is 5.60 Å². The molecular weight excluding hydrogens is 333 g/mol. The molecule has 0 aliphatic rings. The van der Waals surface area contributed by atoms with Crippen molar-refractivity contribution in [3.05, 3.63) is 23.9 Å². The first-order valence-corrected chi connectivity index (χ1v) is 6.72. The zero-order valence-electron chi connectivity index (χ0n) is 13.3. The SMILES string of the molecule is CC(CC(C)(C)O)Nc1cccc(C(=O)O)n1.O=C(O)C(F)(F)F. The van der Waals surface area contributed by atoms with Gasteiger partial charge >= 0.3 is 18.1 Å². The van der Waals surface area contributed by atoms with Gasteiger partial charge in [0.2, 0.25) is 0 Å². The Bertz CT molecular complexity index is 570. The van der Waals surface area contributed by atoms with Crippen molar-refractivity contribution >= 4 is 17.8 Å². The molecule has 1 rings (SSSR count). The molecule has 0 saturated carbocycles. The van der Waals surface area contributed by atoms with Crippen molar-refractivity contribution in [1.29, 1.82) is 0 Å². The van der Waals surface area contributed by atoms with Crippen LogP contribution in [-0.4, -0.2) is 50.1 Å².